The molecule has 0 unspecified atom stereocenters. The molecule has 2 aromatic rings. The van der Waals surface area contributed by atoms with Crippen LogP contribution in [0.25, 0.3) is 0 Å². The smallest absolute Gasteiger partial charge is 0.335 e. The SMILES string of the molecule is CCC/C=C\C/C=C\CCCCCCCc1cc(O)ccc1N=Nc1ccc(C(=O)O)cc1. The summed E-state index contributed by atoms with van der Waals surface area (Å²) in [6.45, 7) is 2.20. The molecular formula is C28H36N2O3. The molecule has 2 rings (SSSR count). The first-order valence-corrected chi connectivity index (χ1v) is 12.0. The van der Waals surface area contributed by atoms with E-state index in [9.17, 15) is 9.90 Å². The van der Waals surface area contributed by atoms with Crippen LogP contribution in [0.1, 0.15) is 80.6 Å². The molecule has 2 N–H and O–H groups in total. The third-order valence-electron chi connectivity index (χ3n) is 5.33. The minimum Gasteiger partial charge on any atom is -0.508 e. The molecule has 33 heavy (non-hydrogen) atoms. The van der Waals surface area contributed by atoms with E-state index in [1.807, 2.05) is 0 Å². The van der Waals surface area contributed by atoms with Gasteiger partial charge in [0.15, 0.2) is 0 Å². The Kier molecular flexibility index (Phi) is 12.3. The van der Waals surface area contributed by atoms with Gasteiger partial charge < -0.3 is 10.2 Å². The third kappa shape index (κ3) is 10.8. The Morgan fingerprint density at radius 2 is 1.55 bits per heavy atom. The average molecular weight is 449 g/mol. The van der Waals surface area contributed by atoms with Crippen molar-refractivity contribution in [3.63, 3.8) is 0 Å². The van der Waals surface area contributed by atoms with E-state index in [1.54, 1.807) is 30.3 Å². The molecule has 0 saturated carbocycles. The fraction of sp³-hybridized carbons (Fsp3) is 0.393. The van der Waals surface area contributed by atoms with E-state index in [1.165, 1.54) is 44.2 Å². The summed E-state index contributed by atoms with van der Waals surface area (Å²) in [4.78, 5) is 11.0. The number of allylic oxidation sites excluding steroid dienone is 4. The molecule has 0 bridgehead atoms. The summed E-state index contributed by atoms with van der Waals surface area (Å²) in [6, 6.07) is 11.4. The molecule has 0 radical (unpaired) electrons. The number of aromatic hydroxyl groups is 1. The number of carboxylic acids is 1. The van der Waals surface area contributed by atoms with Crippen molar-refractivity contribution in [2.45, 2.75) is 71.1 Å². The number of unbranched alkanes of at least 4 members (excludes halogenated alkanes) is 6. The number of phenolic OH excluding ortho intramolecular Hbond substituents is 1. The molecule has 0 amide bonds. The molecule has 0 aliphatic rings. The fourth-order valence-corrected chi connectivity index (χ4v) is 3.43. The molecule has 176 valence electrons. The first-order chi connectivity index (χ1) is 16.1. The Morgan fingerprint density at radius 3 is 2.27 bits per heavy atom. The molecule has 0 saturated heterocycles. The van der Waals surface area contributed by atoms with E-state index in [2.05, 4.69) is 41.5 Å². The number of aromatic carboxylic acids is 1. The maximum absolute atomic E-state index is 11.0. The second-order valence-corrected chi connectivity index (χ2v) is 8.14. The van der Waals surface area contributed by atoms with Crippen LogP contribution in [-0.2, 0) is 6.42 Å². The van der Waals surface area contributed by atoms with Gasteiger partial charge in [-0.3, -0.25) is 0 Å². The third-order valence-corrected chi connectivity index (χ3v) is 5.33. The molecule has 0 spiro atoms. The van der Waals surface area contributed by atoms with Gasteiger partial charge in [0.05, 0.1) is 16.9 Å². The maximum Gasteiger partial charge on any atom is 0.335 e. The topological polar surface area (TPSA) is 82.2 Å². The Labute approximate surface area is 197 Å². The van der Waals surface area contributed by atoms with Crippen LogP contribution in [0, 0.1) is 0 Å². The Bertz CT molecular complexity index is 931. The first kappa shape index (κ1) is 26.0. The summed E-state index contributed by atoms with van der Waals surface area (Å²) < 4.78 is 0. The lowest BCUT2D eigenvalue weighted by Crippen LogP contribution is -1.93. The molecule has 0 fully saturated rings. The van der Waals surface area contributed by atoms with Crippen LogP contribution in [-0.4, -0.2) is 16.2 Å². The summed E-state index contributed by atoms with van der Waals surface area (Å²) in [6.07, 6.45) is 20.3. The van der Waals surface area contributed by atoms with Gasteiger partial charge in [0.2, 0.25) is 0 Å². The van der Waals surface area contributed by atoms with Crippen molar-refractivity contribution in [2.75, 3.05) is 0 Å². The number of phenols is 1. The van der Waals surface area contributed by atoms with Crippen molar-refractivity contribution in [1.82, 2.24) is 0 Å². The van der Waals surface area contributed by atoms with Gasteiger partial charge >= 0.3 is 5.97 Å². The lowest BCUT2D eigenvalue weighted by molar-refractivity contribution is 0.0697. The van der Waals surface area contributed by atoms with Gasteiger partial charge in [-0.05, 0) is 86.6 Å². The lowest BCUT2D eigenvalue weighted by atomic mass is 10.0. The first-order valence-electron chi connectivity index (χ1n) is 12.0. The summed E-state index contributed by atoms with van der Waals surface area (Å²) in [7, 11) is 0. The highest BCUT2D eigenvalue weighted by Gasteiger charge is 2.05. The number of nitrogens with zero attached hydrogens (tertiary/aromatic N) is 2. The minimum atomic E-state index is -0.967. The lowest BCUT2D eigenvalue weighted by Gasteiger charge is -2.06. The molecule has 0 aliphatic heterocycles. The largest absolute Gasteiger partial charge is 0.508 e. The van der Waals surface area contributed by atoms with E-state index in [0.29, 0.717) is 5.69 Å². The van der Waals surface area contributed by atoms with Crippen molar-refractivity contribution < 1.29 is 15.0 Å². The number of benzene rings is 2. The highest BCUT2D eigenvalue weighted by Crippen LogP contribution is 2.28. The van der Waals surface area contributed by atoms with Gasteiger partial charge in [0, 0.05) is 0 Å². The van der Waals surface area contributed by atoms with Gasteiger partial charge in [-0.2, -0.15) is 10.2 Å². The van der Waals surface area contributed by atoms with Gasteiger partial charge in [-0.25, -0.2) is 4.79 Å². The molecule has 0 atom stereocenters. The van der Waals surface area contributed by atoms with E-state index >= 15 is 0 Å². The van der Waals surface area contributed by atoms with Crippen LogP contribution >= 0.6 is 0 Å². The zero-order chi connectivity index (χ0) is 23.7. The van der Waals surface area contributed by atoms with Crippen LogP contribution < -0.4 is 0 Å². The zero-order valence-electron chi connectivity index (χ0n) is 19.6. The second-order valence-electron chi connectivity index (χ2n) is 8.14. The van der Waals surface area contributed by atoms with Crippen molar-refractivity contribution in [1.29, 1.82) is 0 Å². The molecule has 0 heterocycles. The van der Waals surface area contributed by atoms with Crippen LogP contribution in [0.15, 0.2) is 77.0 Å². The summed E-state index contributed by atoms with van der Waals surface area (Å²) in [5.74, 6) is -0.739. The van der Waals surface area contributed by atoms with Crippen molar-refractivity contribution in [3.8, 4) is 5.75 Å². The summed E-state index contributed by atoms with van der Waals surface area (Å²) in [5.41, 5.74) is 2.51. The molecule has 0 aromatic heterocycles. The monoisotopic (exact) mass is 448 g/mol. The van der Waals surface area contributed by atoms with Gasteiger partial charge in [-0.15, -0.1) is 0 Å². The predicted octanol–water partition coefficient (Wildman–Crippen LogP) is 8.69. The van der Waals surface area contributed by atoms with Crippen LogP contribution in [0.5, 0.6) is 5.75 Å². The predicted molar refractivity (Wildman–Crippen MR) is 135 cm³/mol. The zero-order valence-corrected chi connectivity index (χ0v) is 19.6. The number of hydrogen-bond acceptors (Lipinski definition) is 4. The highest BCUT2D eigenvalue weighted by molar-refractivity contribution is 5.87. The maximum atomic E-state index is 11.0. The number of carbonyl (C=O) groups is 1. The van der Waals surface area contributed by atoms with E-state index in [4.69, 9.17) is 5.11 Å². The highest BCUT2D eigenvalue weighted by atomic mass is 16.4. The molecule has 5 nitrogen and oxygen atoms in total. The normalized spacial score (nSPS) is 11.8. The van der Waals surface area contributed by atoms with Crippen LogP contribution in [0.4, 0.5) is 11.4 Å². The standard InChI is InChI=1S/C28H36N2O3/c1-2-3-4-5-6-7-8-9-10-11-12-13-14-15-24-22-26(31)20-21-27(24)30-29-25-18-16-23(17-19-25)28(32)33/h4-5,7-8,16-22,31H,2-3,6,9-15H2,1H3,(H,32,33)/b5-4-,8-7-,30-29?. The average Bonchev–Trinajstić information content (AvgIpc) is 2.81. The number of aryl methyl sites for hydroxylation is 1. The molecule has 2 aromatic carbocycles. The molecule has 5 heteroatoms. The van der Waals surface area contributed by atoms with Gasteiger partial charge in [-0.1, -0.05) is 56.9 Å². The molecular weight excluding hydrogens is 412 g/mol. The Balaban J connectivity index is 1.72. The van der Waals surface area contributed by atoms with Crippen LogP contribution in [0.3, 0.4) is 0 Å². The quantitative estimate of drug-likeness (QED) is 0.162. The van der Waals surface area contributed by atoms with Crippen LogP contribution in [0.2, 0.25) is 0 Å². The number of azo groups is 1. The fourth-order valence-electron chi connectivity index (χ4n) is 3.43. The number of rotatable bonds is 15. The molecule has 0 aliphatic carbocycles. The van der Waals surface area contributed by atoms with E-state index < -0.39 is 5.97 Å². The number of carboxylic acid groups (broad SMARTS) is 1. The Morgan fingerprint density at radius 1 is 0.848 bits per heavy atom. The summed E-state index contributed by atoms with van der Waals surface area (Å²) >= 11 is 0. The van der Waals surface area contributed by atoms with Crippen molar-refractivity contribution in [2.24, 2.45) is 10.2 Å². The number of hydrogen-bond donors (Lipinski definition) is 2. The second kappa shape index (κ2) is 15.6. The Hall–Kier alpha value is -3.21. The van der Waals surface area contributed by atoms with Crippen molar-refractivity contribution >= 4 is 17.3 Å². The van der Waals surface area contributed by atoms with Gasteiger partial charge in [0.25, 0.3) is 0 Å². The summed E-state index contributed by atoms with van der Waals surface area (Å²) in [5, 5.41) is 27.4. The van der Waals surface area contributed by atoms with E-state index in [0.717, 1.165) is 43.4 Å². The van der Waals surface area contributed by atoms with Crippen molar-refractivity contribution in [3.05, 3.63) is 77.9 Å². The van der Waals surface area contributed by atoms with E-state index in [-0.39, 0.29) is 11.3 Å². The minimum absolute atomic E-state index is 0.217. The van der Waals surface area contributed by atoms with Gasteiger partial charge in [0.1, 0.15) is 5.75 Å².